The van der Waals surface area contributed by atoms with E-state index < -0.39 is 0 Å². The average Bonchev–Trinajstić information content (AvgIpc) is 2.62. The first-order valence-electron chi connectivity index (χ1n) is 4.39. The highest BCUT2D eigenvalue weighted by atomic mass is 16.5. The van der Waals surface area contributed by atoms with E-state index in [9.17, 15) is 4.79 Å². The summed E-state index contributed by atoms with van der Waals surface area (Å²) in [5.41, 5.74) is 2.59. The Bertz CT molecular complexity index is 485. The molecule has 0 aliphatic carbocycles. The maximum atomic E-state index is 11.4. The number of fused-ring (bicyclic) bond motifs is 1. The van der Waals surface area contributed by atoms with Crippen molar-refractivity contribution in [3.63, 3.8) is 0 Å². The van der Waals surface area contributed by atoms with Crippen molar-refractivity contribution in [1.82, 2.24) is 4.40 Å². The summed E-state index contributed by atoms with van der Waals surface area (Å²) in [5.74, 6) is -0.293. The van der Waals surface area contributed by atoms with Crippen molar-refractivity contribution in [1.29, 1.82) is 0 Å². The van der Waals surface area contributed by atoms with Gasteiger partial charge in [-0.3, -0.25) is 0 Å². The first-order valence-corrected chi connectivity index (χ1v) is 4.39. The molecule has 0 amide bonds. The van der Waals surface area contributed by atoms with E-state index in [4.69, 9.17) is 4.74 Å². The number of aromatic nitrogens is 1. The van der Waals surface area contributed by atoms with Gasteiger partial charge in [0.15, 0.2) is 0 Å². The van der Waals surface area contributed by atoms with E-state index in [-0.39, 0.29) is 5.97 Å². The predicted octanol–water partition coefficient (Wildman–Crippen LogP) is 2.03. The number of aryl methyl sites for hydroxylation is 1. The van der Waals surface area contributed by atoms with Crippen LogP contribution in [0.5, 0.6) is 0 Å². The number of nitrogens with zero attached hydrogens (tertiary/aromatic N) is 1. The molecule has 72 valence electrons. The van der Waals surface area contributed by atoms with Crippen molar-refractivity contribution in [3.8, 4) is 0 Å². The van der Waals surface area contributed by atoms with Gasteiger partial charge in [0.25, 0.3) is 0 Å². The average molecular weight is 189 g/mol. The van der Waals surface area contributed by atoms with Crippen LogP contribution >= 0.6 is 0 Å². The van der Waals surface area contributed by atoms with Crippen molar-refractivity contribution < 1.29 is 9.53 Å². The number of carbonyl (C=O) groups is 1. The lowest BCUT2D eigenvalue weighted by molar-refractivity contribution is 0.0603. The summed E-state index contributed by atoms with van der Waals surface area (Å²) in [6.45, 7) is 1.99. The molecule has 2 rings (SSSR count). The number of carbonyl (C=O) groups excluding carboxylic acids is 1. The molecule has 14 heavy (non-hydrogen) atoms. The van der Waals surface area contributed by atoms with Gasteiger partial charge >= 0.3 is 5.97 Å². The molecule has 2 aromatic rings. The molecule has 2 heterocycles. The zero-order valence-electron chi connectivity index (χ0n) is 8.15. The minimum absolute atomic E-state index is 0.293. The Morgan fingerprint density at radius 2 is 2.14 bits per heavy atom. The van der Waals surface area contributed by atoms with Crippen LogP contribution in [0.4, 0.5) is 0 Å². The molecule has 0 radical (unpaired) electrons. The van der Waals surface area contributed by atoms with Crippen LogP contribution in [0.25, 0.3) is 5.52 Å². The molecule has 0 unspecified atom stereocenters. The highest BCUT2D eigenvalue weighted by Gasteiger charge is 2.11. The van der Waals surface area contributed by atoms with E-state index in [1.54, 1.807) is 6.07 Å². The van der Waals surface area contributed by atoms with E-state index in [0.717, 1.165) is 11.2 Å². The highest BCUT2D eigenvalue weighted by molar-refractivity contribution is 5.97. The first kappa shape index (κ1) is 8.81. The third-order valence-corrected chi connectivity index (χ3v) is 2.30. The zero-order valence-corrected chi connectivity index (χ0v) is 8.15. The molecule has 0 saturated heterocycles. The summed E-state index contributed by atoms with van der Waals surface area (Å²) >= 11 is 0. The number of rotatable bonds is 1. The second-order valence-corrected chi connectivity index (χ2v) is 3.14. The second-order valence-electron chi connectivity index (χ2n) is 3.14. The largest absolute Gasteiger partial charge is 0.465 e. The van der Waals surface area contributed by atoms with Gasteiger partial charge in [0.2, 0.25) is 0 Å². The molecule has 3 nitrogen and oxygen atoms in total. The van der Waals surface area contributed by atoms with Crippen LogP contribution in [-0.2, 0) is 4.74 Å². The molecule has 0 aliphatic rings. The molecular weight excluding hydrogens is 178 g/mol. The van der Waals surface area contributed by atoms with E-state index in [0.29, 0.717) is 5.56 Å². The zero-order chi connectivity index (χ0) is 10.1. The number of methoxy groups -OCH3 is 1. The van der Waals surface area contributed by atoms with E-state index in [2.05, 4.69) is 0 Å². The Morgan fingerprint density at radius 3 is 2.86 bits per heavy atom. The summed E-state index contributed by atoms with van der Waals surface area (Å²) in [7, 11) is 1.39. The lowest BCUT2D eigenvalue weighted by Gasteiger charge is -2.01. The summed E-state index contributed by atoms with van der Waals surface area (Å²) in [5, 5.41) is 0. The lowest BCUT2D eigenvalue weighted by atomic mass is 10.2. The van der Waals surface area contributed by atoms with Crippen LogP contribution in [0, 0.1) is 6.92 Å². The van der Waals surface area contributed by atoms with Gasteiger partial charge in [0.05, 0.1) is 18.2 Å². The molecule has 0 aromatic carbocycles. The van der Waals surface area contributed by atoms with Crippen LogP contribution in [-0.4, -0.2) is 17.5 Å². The van der Waals surface area contributed by atoms with Gasteiger partial charge in [-0.1, -0.05) is 6.07 Å². The van der Waals surface area contributed by atoms with Gasteiger partial charge in [-0.2, -0.15) is 0 Å². The standard InChI is InChI=1S/C11H11NO2/c1-8-4-3-5-10-9(11(13)14-2)6-7-12(8)10/h3-7H,1-2H3. The maximum absolute atomic E-state index is 11.4. The Labute approximate surface area is 81.9 Å². The Kier molecular flexibility index (Phi) is 2.00. The Hall–Kier alpha value is -1.77. The van der Waals surface area contributed by atoms with E-state index in [1.807, 2.05) is 35.7 Å². The quantitative estimate of drug-likeness (QED) is 0.643. The fourth-order valence-electron chi connectivity index (χ4n) is 1.56. The molecule has 0 saturated carbocycles. The van der Waals surface area contributed by atoms with Crippen molar-refractivity contribution in [3.05, 3.63) is 41.7 Å². The van der Waals surface area contributed by atoms with Crippen molar-refractivity contribution in [2.24, 2.45) is 0 Å². The molecule has 0 fully saturated rings. The molecule has 0 aliphatic heterocycles. The fraction of sp³-hybridized carbons (Fsp3) is 0.182. The molecule has 0 spiro atoms. The minimum atomic E-state index is -0.293. The van der Waals surface area contributed by atoms with Gasteiger partial charge in [-0.05, 0) is 25.1 Å². The SMILES string of the molecule is COC(=O)c1ccn2c(C)cccc12. The number of hydrogen-bond donors (Lipinski definition) is 0. The first-order chi connectivity index (χ1) is 6.74. The van der Waals surface area contributed by atoms with Crippen molar-refractivity contribution >= 4 is 11.5 Å². The topological polar surface area (TPSA) is 30.7 Å². The number of ether oxygens (including phenoxy) is 1. The van der Waals surface area contributed by atoms with Gasteiger partial charge in [-0.25, -0.2) is 4.79 Å². The fourth-order valence-corrected chi connectivity index (χ4v) is 1.56. The smallest absolute Gasteiger partial charge is 0.340 e. The normalized spacial score (nSPS) is 10.4. The summed E-state index contributed by atoms with van der Waals surface area (Å²) in [4.78, 5) is 11.4. The highest BCUT2D eigenvalue weighted by Crippen LogP contribution is 2.15. The monoisotopic (exact) mass is 189 g/mol. The molecule has 0 N–H and O–H groups in total. The molecule has 2 aromatic heterocycles. The summed E-state index contributed by atoms with van der Waals surface area (Å²) in [6, 6.07) is 7.60. The van der Waals surface area contributed by atoms with E-state index >= 15 is 0 Å². The molecule has 0 bridgehead atoms. The molecule has 3 heteroatoms. The third kappa shape index (κ3) is 1.18. The van der Waals surface area contributed by atoms with Gasteiger partial charge in [0.1, 0.15) is 0 Å². The van der Waals surface area contributed by atoms with E-state index in [1.165, 1.54) is 7.11 Å². The van der Waals surface area contributed by atoms with Gasteiger partial charge in [-0.15, -0.1) is 0 Å². The lowest BCUT2D eigenvalue weighted by Crippen LogP contribution is -2.00. The summed E-state index contributed by atoms with van der Waals surface area (Å²) < 4.78 is 6.65. The van der Waals surface area contributed by atoms with Gasteiger partial charge in [0, 0.05) is 11.9 Å². The van der Waals surface area contributed by atoms with Crippen LogP contribution < -0.4 is 0 Å². The third-order valence-electron chi connectivity index (χ3n) is 2.30. The Morgan fingerprint density at radius 1 is 1.36 bits per heavy atom. The van der Waals surface area contributed by atoms with Crippen molar-refractivity contribution in [2.45, 2.75) is 6.92 Å². The Balaban J connectivity index is 2.70. The van der Waals surface area contributed by atoms with Crippen LogP contribution in [0.3, 0.4) is 0 Å². The number of pyridine rings is 1. The molecular formula is C11H11NO2. The second kappa shape index (κ2) is 3.18. The predicted molar refractivity (Wildman–Crippen MR) is 53.5 cm³/mol. The summed E-state index contributed by atoms with van der Waals surface area (Å²) in [6.07, 6.45) is 1.87. The number of esters is 1. The molecule has 0 atom stereocenters. The van der Waals surface area contributed by atoms with Crippen LogP contribution in [0.2, 0.25) is 0 Å². The van der Waals surface area contributed by atoms with Gasteiger partial charge < -0.3 is 9.14 Å². The van der Waals surface area contributed by atoms with Crippen LogP contribution in [0.1, 0.15) is 16.1 Å². The number of hydrogen-bond acceptors (Lipinski definition) is 2. The van der Waals surface area contributed by atoms with Crippen molar-refractivity contribution in [2.75, 3.05) is 7.11 Å². The minimum Gasteiger partial charge on any atom is -0.465 e. The maximum Gasteiger partial charge on any atom is 0.340 e. The van der Waals surface area contributed by atoms with Crippen LogP contribution in [0.15, 0.2) is 30.5 Å².